The molecule has 1 aromatic rings. The summed E-state index contributed by atoms with van der Waals surface area (Å²) in [6, 6.07) is 1.50. The van der Waals surface area contributed by atoms with E-state index in [-0.39, 0.29) is 24.1 Å². The standard InChI is InChI=1S/C18H23N3O8/c1-3-28-15-8-12(13(21(25)26)9-14(15)27-2)17(23)29-10-16(22)20-18(24)19-11-6-4-5-7-11/h8-9,11H,3-7,10H2,1-2H3,(H2,19,20,22,24). The maximum absolute atomic E-state index is 12.3. The lowest BCUT2D eigenvalue weighted by Gasteiger charge is -2.13. The van der Waals surface area contributed by atoms with Gasteiger partial charge in [-0.2, -0.15) is 0 Å². The van der Waals surface area contributed by atoms with Crippen molar-refractivity contribution in [2.75, 3.05) is 20.3 Å². The third-order valence-corrected chi connectivity index (χ3v) is 4.28. The summed E-state index contributed by atoms with van der Waals surface area (Å²) in [6.07, 6.45) is 3.72. The third kappa shape index (κ3) is 6.06. The highest BCUT2D eigenvalue weighted by Gasteiger charge is 2.26. The lowest BCUT2D eigenvalue weighted by atomic mass is 10.1. The zero-order valence-corrected chi connectivity index (χ0v) is 16.2. The monoisotopic (exact) mass is 409 g/mol. The smallest absolute Gasteiger partial charge is 0.345 e. The van der Waals surface area contributed by atoms with Gasteiger partial charge in [-0.3, -0.25) is 20.2 Å². The Hall–Kier alpha value is -3.37. The number of imide groups is 1. The van der Waals surface area contributed by atoms with Gasteiger partial charge in [-0.15, -0.1) is 0 Å². The number of esters is 1. The van der Waals surface area contributed by atoms with Crippen LogP contribution < -0.4 is 20.1 Å². The number of ether oxygens (including phenoxy) is 3. The lowest BCUT2D eigenvalue weighted by molar-refractivity contribution is -0.385. The van der Waals surface area contributed by atoms with E-state index < -0.39 is 40.7 Å². The average molecular weight is 409 g/mol. The molecule has 3 amide bonds. The Balaban J connectivity index is 2.01. The lowest BCUT2D eigenvalue weighted by Crippen LogP contribution is -2.45. The van der Waals surface area contributed by atoms with Crippen molar-refractivity contribution in [3.8, 4) is 11.5 Å². The summed E-state index contributed by atoms with van der Waals surface area (Å²) in [5.41, 5.74) is -0.961. The SMILES string of the molecule is CCOc1cc(C(=O)OCC(=O)NC(=O)NC2CCCC2)c([N+](=O)[O-])cc1OC. The van der Waals surface area contributed by atoms with Crippen molar-refractivity contribution < 1.29 is 33.5 Å². The molecule has 1 aromatic carbocycles. The number of hydrogen-bond acceptors (Lipinski definition) is 8. The molecular formula is C18H23N3O8. The highest BCUT2D eigenvalue weighted by molar-refractivity contribution is 5.98. The first kappa shape index (κ1) is 21.9. The van der Waals surface area contributed by atoms with Gasteiger partial charge in [0.05, 0.1) is 24.7 Å². The summed E-state index contributed by atoms with van der Waals surface area (Å²) in [5.74, 6) is -1.76. The van der Waals surface area contributed by atoms with Crippen LogP contribution in [-0.2, 0) is 9.53 Å². The van der Waals surface area contributed by atoms with E-state index in [1.807, 2.05) is 0 Å². The Morgan fingerprint density at radius 2 is 1.90 bits per heavy atom. The van der Waals surface area contributed by atoms with E-state index in [4.69, 9.17) is 14.2 Å². The van der Waals surface area contributed by atoms with Gasteiger partial charge in [-0.25, -0.2) is 9.59 Å². The van der Waals surface area contributed by atoms with E-state index >= 15 is 0 Å². The first-order valence-electron chi connectivity index (χ1n) is 9.12. The van der Waals surface area contributed by atoms with Gasteiger partial charge in [0.15, 0.2) is 18.1 Å². The van der Waals surface area contributed by atoms with Crippen molar-refractivity contribution in [2.24, 2.45) is 0 Å². The fourth-order valence-electron chi connectivity index (χ4n) is 2.95. The summed E-state index contributed by atoms with van der Waals surface area (Å²) >= 11 is 0. The third-order valence-electron chi connectivity index (χ3n) is 4.28. The molecule has 11 heteroatoms. The summed E-state index contributed by atoms with van der Waals surface area (Å²) in [7, 11) is 1.31. The fraction of sp³-hybridized carbons (Fsp3) is 0.500. The second-order valence-corrected chi connectivity index (χ2v) is 6.29. The number of carbonyl (C=O) groups is 3. The van der Waals surface area contributed by atoms with Gasteiger partial charge in [-0.05, 0) is 19.8 Å². The second kappa shape index (κ2) is 10.2. The number of amides is 3. The molecule has 0 aliphatic heterocycles. The molecule has 0 bridgehead atoms. The molecule has 1 aliphatic rings. The molecule has 0 aromatic heterocycles. The number of benzene rings is 1. The molecule has 1 saturated carbocycles. The minimum Gasteiger partial charge on any atom is -0.493 e. The summed E-state index contributed by atoms with van der Waals surface area (Å²) < 4.78 is 15.2. The highest BCUT2D eigenvalue weighted by Crippen LogP contribution is 2.35. The minimum absolute atomic E-state index is 0.0179. The maximum atomic E-state index is 12.3. The van der Waals surface area contributed by atoms with Gasteiger partial charge in [0.2, 0.25) is 0 Å². The van der Waals surface area contributed by atoms with Gasteiger partial charge >= 0.3 is 12.0 Å². The average Bonchev–Trinajstić information content (AvgIpc) is 3.18. The van der Waals surface area contributed by atoms with Crippen LogP contribution in [0, 0.1) is 10.1 Å². The van der Waals surface area contributed by atoms with Crippen molar-refractivity contribution >= 4 is 23.6 Å². The molecule has 0 unspecified atom stereocenters. The fourth-order valence-corrected chi connectivity index (χ4v) is 2.95. The minimum atomic E-state index is -1.10. The number of methoxy groups -OCH3 is 1. The van der Waals surface area contributed by atoms with Crippen molar-refractivity contribution in [1.82, 2.24) is 10.6 Å². The van der Waals surface area contributed by atoms with Crippen LogP contribution in [0.25, 0.3) is 0 Å². The van der Waals surface area contributed by atoms with Gasteiger partial charge in [-0.1, -0.05) is 12.8 Å². The van der Waals surface area contributed by atoms with E-state index in [9.17, 15) is 24.5 Å². The Labute approximate surface area is 166 Å². The van der Waals surface area contributed by atoms with Crippen LogP contribution in [-0.4, -0.2) is 49.2 Å². The van der Waals surface area contributed by atoms with E-state index in [1.54, 1.807) is 6.92 Å². The van der Waals surface area contributed by atoms with E-state index in [1.165, 1.54) is 7.11 Å². The topological polar surface area (TPSA) is 146 Å². The van der Waals surface area contributed by atoms with E-state index in [0.717, 1.165) is 37.8 Å². The van der Waals surface area contributed by atoms with Crippen LogP contribution >= 0.6 is 0 Å². The van der Waals surface area contributed by atoms with Crippen LogP contribution in [0.3, 0.4) is 0 Å². The van der Waals surface area contributed by atoms with Gasteiger partial charge in [0, 0.05) is 12.1 Å². The van der Waals surface area contributed by atoms with Crippen LogP contribution in [0.2, 0.25) is 0 Å². The van der Waals surface area contributed by atoms with Gasteiger partial charge in [0.25, 0.3) is 11.6 Å². The van der Waals surface area contributed by atoms with Crippen LogP contribution in [0.5, 0.6) is 11.5 Å². The van der Waals surface area contributed by atoms with Crippen molar-refractivity contribution in [3.05, 3.63) is 27.8 Å². The molecule has 29 heavy (non-hydrogen) atoms. The number of nitrogens with one attached hydrogen (secondary N) is 2. The number of hydrogen-bond donors (Lipinski definition) is 2. The summed E-state index contributed by atoms with van der Waals surface area (Å²) in [6.45, 7) is 1.16. The summed E-state index contributed by atoms with van der Waals surface area (Å²) in [5, 5.41) is 16.0. The predicted octanol–water partition coefficient (Wildman–Crippen LogP) is 1.93. The Morgan fingerprint density at radius 1 is 1.21 bits per heavy atom. The first-order chi connectivity index (χ1) is 13.8. The van der Waals surface area contributed by atoms with Crippen LogP contribution in [0.1, 0.15) is 43.0 Å². The van der Waals surface area contributed by atoms with E-state index in [2.05, 4.69) is 10.6 Å². The first-order valence-corrected chi connectivity index (χ1v) is 9.12. The molecule has 0 radical (unpaired) electrons. The molecule has 1 aliphatic carbocycles. The summed E-state index contributed by atoms with van der Waals surface area (Å²) in [4.78, 5) is 46.4. The Bertz CT molecular complexity index is 790. The van der Waals surface area contributed by atoms with Crippen molar-refractivity contribution in [1.29, 1.82) is 0 Å². The Kier molecular flexibility index (Phi) is 7.75. The van der Waals surface area contributed by atoms with Crippen molar-refractivity contribution in [2.45, 2.75) is 38.6 Å². The molecular weight excluding hydrogens is 386 g/mol. The quantitative estimate of drug-likeness (QED) is 0.376. The molecule has 0 saturated heterocycles. The Morgan fingerprint density at radius 3 is 2.48 bits per heavy atom. The van der Waals surface area contributed by atoms with Gasteiger partial charge < -0.3 is 19.5 Å². The van der Waals surface area contributed by atoms with Crippen molar-refractivity contribution in [3.63, 3.8) is 0 Å². The molecule has 158 valence electrons. The van der Waals surface area contributed by atoms with Crippen LogP contribution in [0.4, 0.5) is 10.5 Å². The number of carbonyl (C=O) groups excluding carboxylic acids is 3. The van der Waals surface area contributed by atoms with E-state index in [0.29, 0.717) is 0 Å². The largest absolute Gasteiger partial charge is 0.493 e. The van der Waals surface area contributed by atoms with Crippen LogP contribution in [0.15, 0.2) is 12.1 Å². The number of nitrogens with zero attached hydrogens (tertiary/aromatic N) is 1. The number of nitro groups is 1. The molecule has 2 N–H and O–H groups in total. The molecule has 2 rings (SSSR count). The van der Waals surface area contributed by atoms with Gasteiger partial charge in [0.1, 0.15) is 5.56 Å². The zero-order chi connectivity index (χ0) is 21.4. The zero-order valence-electron chi connectivity index (χ0n) is 16.2. The predicted molar refractivity (Wildman–Crippen MR) is 100 cm³/mol. The highest BCUT2D eigenvalue weighted by atomic mass is 16.6. The molecule has 0 heterocycles. The number of rotatable bonds is 8. The number of nitro benzene ring substituents is 1. The number of urea groups is 1. The molecule has 11 nitrogen and oxygen atoms in total. The molecule has 0 spiro atoms. The molecule has 1 fully saturated rings. The maximum Gasteiger partial charge on any atom is 0.345 e. The molecule has 0 atom stereocenters. The second-order valence-electron chi connectivity index (χ2n) is 6.29. The normalized spacial score (nSPS) is 13.4.